The highest BCUT2D eigenvalue weighted by molar-refractivity contribution is 7.89. The molecule has 0 bridgehead atoms. The standard InChI is InChI=1S/C20H18FNO4S2/c1-13-12-15(20(23)26-2)7-10-18(13)28(24,25)22-19(17-4-3-11-27-17)14-5-8-16(21)9-6-14/h3-12,19,22H,1-2H3. The quantitative estimate of drug-likeness (QED) is 0.612. The molecule has 0 radical (unpaired) electrons. The number of nitrogens with one attached hydrogen (secondary N) is 1. The fraction of sp³-hybridized carbons (Fsp3) is 0.150. The number of methoxy groups -OCH3 is 1. The molecule has 3 aromatic rings. The lowest BCUT2D eigenvalue weighted by Gasteiger charge is -2.19. The van der Waals surface area contributed by atoms with Gasteiger partial charge in [0.25, 0.3) is 0 Å². The van der Waals surface area contributed by atoms with E-state index in [1.165, 1.54) is 48.8 Å². The summed E-state index contributed by atoms with van der Waals surface area (Å²) in [6.45, 7) is 1.61. The van der Waals surface area contributed by atoms with Crippen LogP contribution in [0.1, 0.15) is 32.4 Å². The summed E-state index contributed by atoms with van der Waals surface area (Å²) in [6.07, 6.45) is 0. The Morgan fingerprint density at radius 2 is 1.86 bits per heavy atom. The predicted octanol–water partition coefficient (Wildman–Crippen LogP) is 4.05. The second-order valence-corrected chi connectivity index (χ2v) is 8.75. The average Bonchev–Trinajstić information content (AvgIpc) is 3.20. The number of sulfonamides is 1. The zero-order chi connectivity index (χ0) is 20.3. The first kappa shape index (κ1) is 20.2. The van der Waals surface area contributed by atoms with E-state index in [9.17, 15) is 17.6 Å². The Balaban J connectivity index is 1.98. The van der Waals surface area contributed by atoms with Crippen molar-refractivity contribution in [2.75, 3.05) is 7.11 Å². The van der Waals surface area contributed by atoms with Crippen molar-refractivity contribution in [1.29, 1.82) is 0 Å². The number of hydrogen-bond acceptors (Lipinski definition) is 5. The Morgan fingerprint density at radius 1 is 1.14 bits per heavy atom. The Kier molecular flexibility index (Phi) is 5.93. The summed E-state index contributed by atoms with van der Waals surface area (Å²) in [6, 6.07) is 12.9. The Morgan fingerprint density at radius 3 is 2.43 bits per heavy atom. The van der Waals surface area contributed by atoms with Gasteiger partial charge in [-0.1, -0.05) is 18.2 Å². The van der Waals surface area contributed by atoms with Crippen LogP contribution in [0.4, 0.5) is 4.39 Å². The van der Waals surface area contributed by atoms with Crippen molar-refractivity contribution in [2.24, 2.45) is 0 Å². The van der Waals surface area contributed by atoms with Crippen LogP contribution >= 0.6 is 11.3 Å². The van der Waals surface area contributed by atoms with Gasteiger partial charge >= 0.3 is 5.97 Å². The second kappa shape index (κ2) is 8.22. The van der Waals surface area contributed by atoms with E-state index in [0.29, 0.717) is 11.1 Å². The minimum atomic E-state index is -3.91. The highest BCUT2D eigenvalue weighted by Gasteiger charge is 2.25. The number of esters is 1. The lowest BCUT2D eigenvalue weighted by molar-refractivity contribution is 0.0600. The van der Waals surface area contributed by atoms with Gasteiger partial charge in [0.05, 0.1) is 23.6 Å². The molecule has 0 saturated heterocycles. The lowest BCUT2D eigenvalue weighted by atomic mass is 10.1. The summed E-state index contributed by atoms with van der Waals surface area (Å²) < 4.78 is 46.8. The zero-order valence-electron chi connectivity index (χ0n) is 15.2. The molecule has 2 aromatic carbocycles. The largest absolute Gasteiger partial charge is 0.465 e. The monoisotopic (exact) mass is 419 g/mol. The van der Waals surface area contributed by atoms with Gasteiger partial charge in [0, 0.05) is 4.88 Å². The summed E-state index contributed by atoms with van der Waals surface area (Å²) in [4.78, 5) is 12.5. The number of benzene rings is 2. The number of ether oxygens (including phenoxy) is 1. The first-order valence-electron chi connectivity index (χ1n) is 8.32. The summed E-state index contributed by atoms with van der Waals surface area (Å²) in [7, 11) is -2.65. The maximum Gasteiger partial charge on any atom is 0.337 e. The van der Waals surface area contributed by atoms with Crippen LogP contribution in [-0.2, 0) is 14.8 Å². The number of rotatable bonds is 6. The minimum absolute atomic E-state index is 0.0591. The predicted molar refractivity (Wildman–Crippen MR) is 105 cm³/mol. The van der Waals surface area contributed by atoms with Gasteiger partial charge < -0.3 is 4.74 Å². The minimum Gasteiger partial charge on any atom is -0.465 e. The molecule has 0 aliphatic rings. The average molecular weight is 419 g/mol. The molecule has 146 valence electrons. The highest BCUT2D eigenvalue weighted by Crippen LogP contribution is 2.29. The summed E-state index contributed by atoms with van der Waals surface area (Å²) in [5.41, 5.74) is 1.31. The van der Waals surface area contributed by atoms with Gasteiger partial charge in [-0.2, -0.15) is 4.72 Å². The van der Waals surface area contributed by atoms with Crippen molar-refractivity contribution in [1.82, 2.24) is 4.72 Å². The normalized spacial score (nSPS) is 12.5. The van der Waals surface area contributed by atoms with Crippen LogP contribution in [-0.4, -0.2) is 21.5 Å². The van der Waals surface area contributed by atoms with Crippen LogP contribution in [0.5, 0.6) is 0 Å². The molecule has 1 heterocycles. The van der Waals surface area contributed by atoms with Crippen LogP contribution in [0, 0.1) is 12.7 Å². The molecule has 28 heavy (non-hydrogen) atoms. The van der Waals surface area contributed by atoms with Crippen LogP contribution in [0.2, 0.25) is 0 Å². The van der Waals surface area contributed by atoms with Crippen molar-refractivity contribution in [3.8, 4) is 0 Å². The van der Waals surface area contributed by atoms with Crippen molar-refractivity contribution in [3.05, 3.63) is 87.4 Å². The van der Waals surface area contributed by atoms with E-state index in [1.54, 1.807) is 19.1 Å². The third kappa shape index (κ3) is 4.30. The topological polar surface area (TPSA) is 72.5 Å². The van der Waals surface area contributed by atoms with Crippen molar-refractivity contribution >= 4 is 27.3 Å². The molecule has 0 fully saturated rings. The van der Waals surface area contributed by atoms with E-state index in [-0.39, 0.29) is 10.5 Å². The molecule has 1 unspecified atom stereocenters. The molecular weight excluding hydrogens is 401 g/mol. The zero-order valence-corrected chi connectivity index (χ0v) is 16.8. The molecule has 0 aliphatic carbocycles. The first-order valence-corrected chi connectivity index (χ1v) is 10.7. The van der Waals surface area contributed by atoms with Crippen molar-refractivity contribution in [2.45, 2.75) is 17.9 Å². The van der Waals surface area contributed by atoms with E-state index in [4.69, 9.17) is 0 Å². The maximum atomic E-state index is 13.3. The van der Waals surface area contributed by atoms with Crippen LogP contribution in [0.3, 0.4) is 0 Å². The van der Waals surface area contributed by atoms with E-state index in [2.05, 4.69) is 9.46 Å². The van der Waals surface area contributed by atoms with Gasteiger partial charge in [-0.25, -0.2) is 17.6 Å². The maximum absolute atomic E-state index is 13.3. The molecule has 1 N–H and O–H groups in total. The number of hydrogen-bond donors (Lipinski definition) is 1. The van der Waals surface area contributed by atoms with Gasteiger partial charge in [0.15, 0.2) is 0 Å². The third-order valence-electron chi connectivity index (χ3n) is 4.19. The van der Waals surface area contributed by atoms with Crippen LogP contribution in [0.25, 0.3) is 0 Å². The van der Waals surface area contributed by atoms with Crippen molar-refractivity contribution < 1.29 is 22.3 Å². The molecule has 0 saturated carbocycles. The van der Waals surface area contributed by atoms with Crippen LogP contribution in [0.15, 0.2) is 64.9 Å². The number of carbonyl (C=O) groups is 1. The highest BCUT2D eigenvalue weighted by atomic mass is 32.2. The van der Waals surface area contributed by atoms with E-state index in [0.717, 1.165) is 4.88 Å². The second-order valence-electron chi connectivity index (χ2n) is 6.09. The Labute approximate surface area is 166 Å². The molecule has 0 spiro atoms. The molecule has 8 heteroatoms. The molecule has 3 rings (SSSR count). The number of aryl methyl sites for hydroxylation is 1. The summed E-state index contributed by atoms with van der Waals surface area (Å²) in [5.74, 6) is -0.937. The van der Waals surface area contributed by atoms with E-state index >= 15 is 0 Å². The molecular formula is C20H18FNO4S2. The fourth-order valence-corrected chi connectivity index (χ4v) is 5.12. The molecule has 5 nitrogen and oxygen atoms in total. The number of thiophene rings is 1. The Bertz CT molecular complexity index is 1080. The van der Waals surface area contributed by atoms with E-state index in [1.807, 2.05) is 17.5 Å². The van der Waals surface area contributed by atoms with Gasteiger partial charge in [0.1, 0.15) is 5.82 Å². The van der Waals surface area contributed by atoms with Crippen LogP contribution < -0.4 is 4.72 Å². The van der Waals surface area contributed by atoms with Crippen molar-refractivity contribution in [3.63, 3.8) is 0 Å². The molecule has 0 amide bonds. The third-order valence-corrected chi connectivity index (χ3v) is 6.71. The van der Waals surface area contributed by atoms with Gasteiger partial charge in [-0.3, -0.25) is 0 Å². The summed E-state index contributed by atoms with van der Waals surface area (Å²) in [5, 5.41) is 1.84. The molecule has 1 atom stereocenters. The number of halogens is 1. The molecule has 0 aliphatic heterocycles. The Hall–Kier alpha value is -2.55. The summed E-state index contributed by atoms with van der Waals surface area (Å²) >= 11 is 1.40. The number of carbonyl (C=O) groups excluding carboxylic acids is 1. The van der Waals surface area contributed by atoms with E-state index < -0.39 is 27.9 Å². The smallest absolute Gasteiger partial charge is 0.337 e. The van der Waals surface area contributed by atoms with Gasteiger partial charge in [-0.05, 0) is 59.8 Å². The molecule has 1 aromatic heterocycles. The fourth-order valence-electron chi connectivity index (χ4n) is 2.82. The SMILES string of the molecule is COC(=O)c1ccc(S(=O)(=O)NC(c2ccc(F)cc2)c2cccs2)c(C)c1. The first-order chi connectivity index (χ1) is 13.3. The van der Waals surface area contributed by atoms with Gasteiger partial charge in [0.2, 0.25) is 10.0 Å². The van der Waals surface area contributed by atoms with Gasteiger partial charge in [-0.15, -0.1) is 11.3 Å². The lowest BCUT2D eigenvalue weighted by Crippen LogP contribution is -2.29.